The molecular weight excluding hydrogens is 248 g/mol. The van der Waals surface area contributed by atoms with Gasteiger partial charge in [0, 0.05) is 35.8 Å². The van der Waals surface area contributed by atoms with Crippen molar-refractivity contribution in [3.8, 4) is 0 Å². The molecule has 0 saturated heterocycles. The third kappa shape index (κ3) is 1.85. The van der Waals surface area contributed by atoms with Crippen molar-refractivity contribution in [2.75, 3.05) is 0 Å². The summed E-state index contributed by atoms with van der Waals surface area (Å²) in [5.41, 5.74) is 0.232. The number of hydrogen-bond acceptors (Lipinski definition) is 3. The lowest BCUT2D eigenvalue weighted by atomic mass is 10.1. The van der Waals surface area contributed by atoms with E-state index in [1.807, 2.05) is 4.57 Å². The first-order valence-corrected chi connectivity index (χ1v) is 5.99. The number of fused-ring (bicyclic) bond motifs is 1. The Kier molecular flexibility index (Phi) is 2.35. The van der Waals surface area contributed by atoms with Gasteiger partial charge in [-0.25, -0.2) is 0 Å². The van der Waals surface area contributed by atoms with Gasteiger partial charge in [-0.1, -0.05) is 0 Å². The van der Waals surface area contributed by atoms with E-state index in [1.54, 1.807) is 18.3 Å². The van der Waals surface area contributed by atoms with E-state index < -0.39 is 16.3 Å². The molecule has 0 aliphatic heterocycles. The summed E-state index contributed by atoms with van der Waals surface area (Å²) in [4.78, 5) is 21.5. The number of carbonyl (C=O) groups is 1. The molecule has 6 nitrogen and oxygen atoms in total. The van der Waals surface area contributed by atoms with Crippen molar-refractivity contribution in [3.05, 3.63) is 40.6 Å². The Bertz CT molecular complexity index is 685. The molecule has 1 aliphatic carbocycles. The van der Waals surface area contributed by atoms with Gasteiger partial charge in [-0.05, 0) is 25.0 Å². The van der Waals surface area contributed by atoms with E-state index in [9.17, 15) is 20.0 Å². The van der Waals surface area contributed by atoms with Crippen LogP contribution in [0.4, 0.5) is 5.69 Å². The Balaban J connectivity index is 1.98. The molecule has 1 N–H and O–H groups in total. The summed E-state index contributed by atoms with van der Waals surface area (Å²) in [6.45, 7) is 0.420. The van der Waals surface area contributed by atoms with Crippen molar-refractivity contribution in [3.63, 3.8) is 0 Å². The lowest BCUT2D eigenvalue weighted by molar-refractivity contribution is -0.384. The van der Waals surface area contributed by atoms with Gasteiger partial charge in [0.15, 0.2) is 0 Å². The van der Waals surface area contributed by atoms with Crippen molar-refractivity contribution in [1.82, 2.24) is 4.57 Å². The first-order valence-electron chi connectivity index (χ1n) is 5.99. The van der Waals surface area contributed by atoms with E-state index in [0.717, 1.165) is 10.9 Å². The quantitative estimate of drug-likeness (QED) is 0.675. The first kappa shape index (κ1) is 11.7. The number of aliphatic carboxylic acids is 1. The zero-order valence-corrected chi connectivity index (χ0v) is 10.1. The molecule has 2 aromatic rings. The zero-order chi connectivity index (χ0) is 13.6. The first-order chi connectivity index (χ1) is 9.02. The number of non-ortho nitro benzene ring substituents is 1. The molecule has 0 amide bonds. The number of aromatic nitrogens is 1. The van der Waals surface area contributed by atoms with Gasteiger partial charge in [-0.3, -0.25) is 14.9 Å². The second-order valence-electron chi connectivity index (χ2n) is 5.03. The fourth-order valence-electron chi connectivity index (χ4n) is 2.36. The molecule has 1 fully saturated rings. The van der Waals surface area contributed by atoms with E-state index in [0.29, 0.717) is 19.4 Å². The number of hydrogen-bond donors (Lipinski definition) is 1. The molecular formula is C13H12N2O4. The van der Waals surface area contributed by atoms with E-state index in [-0.39, 0.29) is 5.69 Å². The molecule has 19 heavy (non-hydrogen) atoms. The predicted molar refractivity (Wildman–Crippen MR) is 67.9 cm³/mol. The average Bonchev–Trinajstić information content (AvgIpc) is 3.05. The number of carboxylic acid groups (broad SMARTS) is 1. The molecule has 0 unspecified atom stereocenters. The minimum absolute atomic E-state index is 0.0459. The van der Waals surface area contributed by atoms with Crippen LogP contribution in [0.15, 0.2) is 30.5 Å². The second-order valence-corrected chi connectivity index (χ2v) is 5.03. The van der Waals surface area contributed by atoms with Gasteiger partial charge in [0.1, 0.15) is 0 Å². The second kappa shape index (κ2) is 3.81. The summed E-state index contributed by atoms with van der Waals surface area (Å²) < 4.78 is 1.86. The Morgan fingerprint density at radius 3 is 2.74 bits per heavy atom. The van der Waals surface area contributed by atoms with Crippen LogP contribution in [0.25, 0.3) is 10.9 Å². The van der Waals surface area contributed by atoms with Gasteiger partial charge in [0.05, 0.1) is 10.3 Å². The molecule has 0 atom stereocenters. The van der Waals surface area contributed by atoms with Gasteiger partial charge < -0.3 is 9.67 Å². The minimum Gasteiger partial charge on any atom is -0.481 e. The van der Waals surface area contributed by atoms with Crippen LogP contribution in [0.2, 0.25) is 0 Å². The Morgan fingerprint density at radius 2 is 2.16 bits per heavy atom. The van der Waals surface area contributed by atoms with Crippen LogP contribution in [0, 0.1) is 15.5 Å². The van der Waals surface area contributed by atoms with Crippen LogP contribution in [0.3, 0.4) is 0 Å². The highest BCUT2D eigenvalue weighted by Crippen LogP contribution is 2.47. The summed E-state index contributed by atoms with van der Waals surface area (Å²) in [6, 6.07) is 6.40. The summed E-state index contributed by atoms with van der Waals surface area (Å²) >= 11 is 0. The summed E-state index contributed by atoms with van der Waals surface area (Å²) in [5, 5.41) is 20.6. The number of nitro benzene ring substituents is 1. The molecule has 1 aromatic heterocycles. The molecule has 0 radical (unpaired) electrons. The van der Waals surface area contributed by atoms with Crippen LogP contribution in [-0.2, 0) is 11.3 Å². The van der Waals surface area contributed by atoms with Gasteiger partial charge >= 0.3 is 5.97 Å². The van der Waals surface area contributed by atoms with Crippen molar-refractivity contribution in [2.45, 2.75) is 19.4 Å². The SMILES string of the molecule is O=C(O)C1(Cn2ccc3cc([N+](=O)[O-])ccc32)CC1. The molecule has 98 valence electrons. The van der Waals surface area contributed by atoms with Crippen LogP contribution >= 0.6 is 0 Å². The van der Waals surface area contributed by atoms with E-state index in [1.165, 1.54) is 12.1 Å². The van der Waals surface area contributed by atoms with Crippen LogP contribution in [0.5, 0.6) is 0 Å². The monoisotopic (exact) mass is 260 g/mol. The number of carboxylic acids is 1. The van der Waals surface area contributed by atoms with Crippen LogP contribution in [0.1, 0.15) is 12.8 Å². The normalized spacial score (nSPS) is 16.4. The highest BCUT2D eigenvalue weighted by Gasteiger charge is 2.50. The van der Waals surface area contributed by atoms with E-state index >= 15 is 0 Å². The average molecular weight is 260 g/mol. The molecule has 1 aliphatic rings. The zero-order valence-electron chi connectivity index (χ0n) is 10.1. The smallest absolute Gasteiger partial charge is 0.311 e. The van der Waals surface area contributed by atoms with E-state index in [4.69, 9.17) is 0 Å². The highest BCUT2D eigenvalue weighted by atomic mass is 16.6. The third-order valence-corrected chi connectivity index (χ3v) is 3.75. The molecule has 3 rings (SSSR count). The Labute approximate surface area is 108 Å². The van der Waals surface area contributed by atoms with E-state index in [2.05, 4.69) is 0 Å². The molecule has 1 aromatic carbocycles. The maximum Gasteiger partial charge on any atom is 0.311 e. The Morgan fingerprint density at radius 1 is 1.42 bits per heavy atom. The lowest BCUT2D eigenvalue weighted by Crippen LogP contribution is -2.20. The summed E-state index contributed by atoms with van der Waals surface area (Å²) in [7, 11) is 0. The standard InChI is InChI=1S/C13H12N2O4/c16-12(17)13(4-5-13)8-14-6-3-9-7-10(15(18)19)1-2-11(9)14/h1-3,6-7H,4-5,8H2,(H,16,17). The lowest BCUT2D eigenvalue weighted by Gasteiger charge is -2.11. The highest BCUT2D eigenvalue weighted by molar-refractivity contribution is 5.83. The van der Waals surface area contributed by atoms with Crippen LogP contribution in [-0.4, -0.2) is 20.6 Å². The van der Waals surface area contributed by atoms with Crippen molar-refractivity contribution < 1.29 is 14.8 Å². The maximum atomic E-state index is 11.2. The Hall–Kier alpha value is -2.37. The molecule has 0 spiro atoms. The number of nitrogens with zero attached hydrogens (tertiary/aromatic N) is 2. The summed E-state index contributed by atoms with van der Waals surface area (Å²) in [5.74, 6) is -0.767. The minimum atomic E-state index is -0.767. The number of nitro groups is 1. The van der Waals surface area contributed by atoms with Crippen LogP contribution < -0.4 is 0 Å². The molecule has 1 heterocycles. The maximum absolute atomic E-state index is 11.2. The van der Waals surface area contributed by atoms with Gasteiger partial charge in [0.25, 0.3) is 5.69 Å². The topological polar surface area (TPSA) is 85.4 Å². The predicted octanol–water partition coefficient (Wildman–Crippen LogP) is 2.41. The number of rotatable bonds is 4. The van der Waals surface area contributed by atoms with Crippen molar-refractivity contribution in [2.24, 2.45) is 5.41 Å². The fraction of sp³-hybridized carbons (Fsp3) is 0.308. The van der Waals surface area contributed by atoms with Gasteiger partial charge in [-0.2, -0.15) is 0 Å². The summed E-state index contributed by atoms with van der Waals surface area (Å²) in [6.07, 6.45) is 3.17. The van der Waals surface area contributed by atoms with Gasteiger partial charge in [-0.15, -0.1) is 0 Å². The van der Waals surface area contributed by atoms with Gasteiger partial charge in [0.2, 0.25) is 0 Å². The van der Waals surface area contributed by atoms with Crippen molar-refractivity contribution >= 4 is 22.6 Å². The van der Waals surface area contributed by atoms with Crippen molar-refractivity contribution in [1.29, 1.82) is 0 Å². The molecule has 6 heteroatoms. The fourth-order valence-corrected chi connectivity index (χ4v) is 2.36. The molecule has 1 saturated carbocycles. The molecule has 0 bridgehead atoms. The third-order valence-electron chi connectivity index (χ3n) is 3.75. The number of benzene rings is 1. The largest absolute Gasteiger partial charge is 0.481 e.